The maximum Gasteiger partial charge on any atom is 1.00 e. The molecule has 20 heavy (non-hydrogen) atoms. The zero-order valence-corrected chi connectivity index (χ0v) is 20.0. The van der Waals surface area contributed by atoms with Crippen molar-refractivity contribution in [3.8, 4) is 0 Å². The molecule has 0 fully saturated rings. The van der Waals surface area contributed by atoms with Gasteiger partial charge in [-0.05, 0) is 0 Å². The molecule has 0 bridgehead atoms. The van der Waals surface area contributed by atoms with Crippen molar-refractivity contribution in [2.24, 2.45) is 0 Å². The van der Waals surface area contributed by atoms with Crippen molar-refractivity contribution in [2.45, 2.75) is 22.7 Å². The van der Waals surface area contributed by atoms with E-state index in [1.165, 1.54) is 0 Å². The molecule has 0 aromatic rings. The summed E-state index contributed by atoms with van der Waals surface area (Å²) >= 11 is -2.69. The summed E-state index contributed by atoms with van der Waals surface area (Å²) in [4.78, 5) is 0. The van der Waals surface area contributed by atoms with Gasteiger partial charge >= 0.3 is 155 Å². The predicted molar refractivity (Wildman–Crippen MR) is 82.6 cm³/mol. The van der Waals surface area contributed by atoms with E-state index in [4.69, 9.17) is 4.55 Å². The van der Waals surface area contributed by atoms with Gasteiger partial charge in [0.1, 0.15) is 0 Å². The predicted octanol–water partition coefficient (Wildman–Crippen LogP) is -1.63. The van der Waals surface area contributed by atoms with E-state index in [0.29, 0.717) is 5.75 Å². The molecule has 1 N–H and O–H groups in total. The summed E-state index contributed by atoms with van der Waals surface area (Å²) < 4.78 is 63.6. The van der Waals surface area contributed by atoms with Crippen molar-refractivity contribution < 1.29 is 55.5 Å². The van der Waals surface area contributed by atoms with Gasteiger partial charge in [0.15, 0.2) is 0 Å². The largest absolute Gasteiger partial charge is 1.00 e. The van der Waals surface area contributed by atoms with Gasteiger partial charge in [-0.2, -0.15) is 0 Å². The van der Waals surface area contributed by atoms with Crippen LogP contribution in [0, 0.1) is 0 Å². The maximum absolute atomic E-state index is 10.7. The Morgan fingerprint density at radius 2 is 1.40 bits per heavy atom. The molecule has 12 heteroatoms. The van der Waals surface area contributed by atoms with Crippen molar-refractivity contribution in [3.05, 3.63) is 0 Å². The van der Waals surface area contributed by atoms with Crippen molar-refractivity contribution in [2.75, 3.05) is 23.0 Å². The zero-order chi connectivity index (χ0) is 15.2. The molecule has 0 radical (unpaired) electrons. The maximum atomic E-state index is 10.7. The Hall–Kier alpha value is 2.32. The van der Waals surface area contributed by atoms with E-state index in [-0.39, 0.29) is 46.8 Å². The van der Waals surface area contributed by atoms with E-state index >= 15 is 0 Å². The molecule has 0 aromatic carbocycles. The standard InChI is InChI=1S/2C2H6O3S2.2C2H5.Na.Sn/c2*3-7(4,5)2-1-6;2*1-2;;/h2*6H,1-2H2,(H,3,4,5);2*1H2,2H3;;/q;;;;+1;+2/p-3. The summed E-state index contributed by atoms with van der Waals surface area (Å²) in [5.74, 6) is -0.0534. The summed E-state index contributed by atoms with van der Waals surface area (Å²) in [6.45, 7) is 4.03. The molecule has 0 amide bonds. The van der Waals surface area contributed by atoms with Crippen molar-refractivity contribution >= 4 is 53.7 Å². The van der Waals surface area contributed by atoms with Crippen molar-refractivity contribution in [1.82, 2.24) is 0 Å². The Morgan fingerprint density at radius 3 is 1.70 bits per heavy atom. The second kappa shape index (κ2) is 11.0. The average Bonchev–Trinajstić information content (AvgIpc) is 2.24. The van der Waals surface area contributed by atoms with Gasteiger partial charge in [-0.15, -0.1) is 0 Å². The Labute approximate surface area is 153 Å². The number of hydrogen-bond acceptors (Lipinski definition) is 7. The van der Waals surface area contributed by atoms with E-state index in [1.807, 2.05) is 13.8 Å². The molecule has 0 atom stereocenters. The van der Waals surface area contributed by atoms with Crippen LogP contribution < -0.4 is 29.6 Å². The molecule has 0 saturated carbocycles. The van der Waals surface area contributed by atoms with Crippen LogP contribution in [0.2, 0.25) is 8.87 Å². The fourth-order valence-corrected chi connectivity index (χ4v) is 30.1. The average molecular weight is 481 g/mol. The van der Waals surface area contributed by atoms with Gasteiger partial charge in [0.05, 0.1) is 0 Å². The minimum Gasteiger partial charge on any atom is 1.00 e. The summed E-state index contributed by atoms with van der Waals surface area (Å²) in [6, 6.07) is 0. The molecular formula is C8H19NaO6S4Sn. The molecule has 0 aromatic heterocycles. The van der Waals surface area contributed by atoms with Crippen molar-refractivity contribution in [3.63, 3.8) is 0 Å². The smallest absolute Gasteiger partial charge is 1.00 e. The monoisotopic (exact) mass is 482 g/mol. The molecule has 0 spiro atoms. The van der Waals surface area contributed by atoms with Gasteiger partial charge in [-0.25, -0.2) is 0 Å². The Morgan fingerprint density at radius 1 is 1.00 bits per heavy atom. The quantitative estimate of drug-likeness (QED) is 0.293. The molecule has 6 nitrogen and oxygen atoms in total. The zero-order valence-electron chi connectivity index (χ0n) is 11.9. The first kappa shape index (κ1) is 24.6. The van der Waals surface area contributed by atoms with Crippen LogP contribution in [0.1, 0.15) is 13.8 Å². The van der Waals surface area contributed by atoms with Gasteiger partial charge in [-0.1, -0.05) is 0 Å². The molecule has 0 aliphatic carbocycles. The van der Waals surface area contributed by atoms with E-state index in [0.717, 1.165) is 8.87 Å². The molecule has 116 valence electrons. The SMILES string of the molecule is C[CH2][Sn]([CH2]C)([S]CCS(=O)(=O)[O-])[S]CCS(=O)(=O)O.[Na+]. The Kier molecular flexibility index (Phi) is 13.5. The third kappa shape index (κ3) is 12.8. The van der Waals surface area contributed by atoms with E-state index in [2.05, 4.69) is 0 Å². The fraction of sp³-hybridized carbons (Fsp3) is 1.00. The normalized spacial score (nSPS) is 13.0. The van der Waals surface area contributed by atoms with Crippen LogP contribution in [0.3, 0.4) is 0 Å². The summed E-state index contributed by atoms with van der Waals surface area (Å²) in [6.07, 6.45) is 0. The van der Waals surface area contributed by atoms with Gasteiger partial charge in [0.2, 0.25) is 0 Å². The van der Waals surface area contributed by atoms with Crippen LogP contribution in [0.15, 0.2) is 0 Å². The van der Waals surface area contributed by atoms with Crippen LogP contribution in [0.4, 0.5) is 0 Å². The Balaban J connectivity index is 0. The molecule has 0 unspecified atom stereocenters. The first-order valence-electron chi connectivity index (χ1n) is 5.70. The number of hydrogen-bond donors (Lipinski definition) is 1. The molecule has 0 aliphatic rings. The van der Waals surface area contributed by atoms with Gasteiger partial charge in [0, 0.05) is 0 Å². The molecule has 0 saturated heterocycles. The van der Waals surface area contributed by atoms with E-state index in [1.54, 1.807) is 17.9 Å². The third-order valence-electron chi connectivity index (χ3n) is 2.48. The Bertz CT molecular complexity index is 421. The van der Waals surface area contributed by atoms with Gasteiger partial charge in [0.25, 0.3) is 0 Å². The third-order valence-corrected chi connectivity index (χ3v) is 37.4. The minimum atomic E-state index is -4.19. The van der Waals surface area contributed by atoms with Gasteiger partial charge < -0.3 is 0 Å². The first-order valence-corrected chi connectivity index (χ1v) is 21.9. The second-order valence-electron chi connectivity index (χ2n) is 3.86. The minimum absolute atomic E-state index is 0. The van der Waals surface area contributed by atoms with E-state index in [9.17, 15) is 21.4 Å². The fourth-order valence-electron chi connectivity index (χ4n) is 1.36. The summed E-state index contributed by atoms with van der Waals surface area (Å²) in [7, 11) is -4.99. The van der Waals surface area contributed by atoms with Gasteiger partial charge in [-0.3, -0.25) is 0 Å². The van der Waals surface area contributed by atoms with Crippen LogP contribution >= 0.6 is 17.9 Å². The number of rotatable bonds is 10. The first-order chi connectivity index (χ1) is 8.54. The molecule has 0 rings (SSSR count). The summed E-state index contributed by atoms with van der Waals surface area (Å²) in [5.41, 5.74) is 0. The second-order valence-corrected chi connectivity index (χ2v) is 34.7. The molecule has 0 aliphatic heterocycles. The van der Waals surface area contributed by atoms with Crippen LogP contribution in [0.5, 0.6) is 0 Å². The summed E-state index contributed by atoms with van der Waals surface area (Å²) in [5, 5.41) is 0. The van der Waals surface area contributed by atoms with Crippen LogP contribution in [0.25, 0.3) is 0 Å². The topological polar surface area (TPSA) is 112 Å². The molecular weight excluding hydrogens is 462 g/mol. The molecule has 0 heterocycles. The van der Waals surface area contributed by atoms with Crippen LogP contribution in [-0.4, -0.2) is 64.6 Å². The van der Waals surface area contributed by atoms with E-state index < -0.39 is 35.8 Å². The van der Waals surface area contributed by atoms with Crippen LogP contribution in [-0.2, 0) is 20.2 Å². The van der Waals surface area contributed by atoms with Crippen molar-refractivity contribution in [1.29, 1.82) is 0 Å².